The monoisotopic (exact) mass is 552 g/mol. The highest BCUT2D eigenvalue weighted by Crippen LogP contribution is 2.28. The lowest BCUT2D eigenvalue weighted by Crippen LogP contribution is -2.16. The van der Waals surface area contributed by atoms with Crippen LogP contribution in [0.5, 0.6) is 5.75 Å². The molecule has 0 aromatic heterocycles. The molecule has 10 heteroatoms. The second-order valence-corrected chi connectivity index (χ2v) is 17.2. The predicted octanol–water partition coefficient (Wildman–Crippen LogP) is 9.11. The van der Waals surface area contributed by atoms with Crippen molar-refractivity contribution in [2.24, 2.45) is 0 Å². The summed E-state index contributed by atoms with van der Waals surface area (Å²) in [6.45, 7) is 0. The smallest absolute Gasteiger partial charge is 0.478 e. The molecule has 34 heavy (non-hydrogen) atoms. The molecule has 1 N–H and O–H groups in total. The van der Waals surface area contributed by atoms with Gasteiger partial charge in [-0.2, -0.15) is 0 Å². The molecule has 0 aliphatic rings. The van der Waals surface area contributed by atoms with Crippen LogP contribution in [0.3, 0.4) is 0 Å². The van der Waals surface area contributed by atoms with Crippen molar-refractivity contribution in [3.8, 4) is 16.9 Å². The lowest BCUT2D eigenvalue weighted by atomic mass is 10.0. The largest absolute Gasteiger partial charge is 0.573 e. The third kappa shape index (κ3) is 11.6. The molecule has 0 fully saturated rings. The van der Waals surface area contributed by atoms with Crippen molar-refractivity contribution in [1.29, 1.82) is 0 Å². The van der Waals surface area contributed by atoms with Gasteiger partial charge in [0, 0.05) is 5.57 Å². The van der Waals surface area contributed by atoms with Gasteiger partial charge >= 0.3 is 18.3 Å². The Morgan fingerprint density at radius 3 is 1.85 bits per heavy atom. The normalized spacial score (nSPS) is 12.6. The highest BCUT2D eigenvalue weighted by Gasteiger charge is 2.31. The van der Waals surface area contributed by atoms with Gasteiger partial charge in [-0.1, -0.05) is 68.5 Å². The van der Waals surface area contributed by atoms with Gasteiger partial charge in [0.25, 0.3) is 0 Å². The number of aliphatic carboxylic acids is 1. The van der Waals surface area contributed by atoms with Gasteiger partial charge in [-0.05, 0) is 53.8 Å². The zero-order chi connectivity index (χ0) is 25.2. The van der Waals surface area contributed by atoms with Crippen molar-refractivity contribution < 1.29 is 27.8 Å². The first-order chi connectivity index (χ1) is 15.9. The molecular formula is C24H26Cl3F3O3Si. The molecule has 0 atom stereocenters. The highest BCUT2D eigenvalue weighted by molar-refractivity contribution is 7.64. The fourth-order valence-electron chi connectivity index (χ4n) is 3.41. The van der Waals surface area contributed by atoms with E-state index >= 15 is 0 Å². The van der Waals surface area contributed by atoms with Crippen LogP contribution in [-0.4, -0.2) is 23.4 Å². The van der Waals surface area contributed by atoms with Crippen LogP contribution in [0.2, 0.25) is 6.04 Å². The Labute approximate surface area is 212 Å². The summed E-state index contributed by atoms with van der Waals surface area (Å²) in [5, 5.41) is 9.53. The van der Waals surface area contributed by atoms with E-state index in [9.17, 15) is 23.1 Å². The standard InChI is InChI=1S/C24H26Cl3F3O3Si/c25-34(26,27)16-6-4-2-1-3-5-7-21(23(31)32)17-18-8-10-19(11-9-18)20-12-14-22(15-13-20)33-24(28,29)30/h8-15,17H,1-7,16H2,(H,31,32)/b21-17+. The number of unbranched alkanes of at least 4 members (excludes halogenated alkanes) is 5. The maximum atomic E-state index is 12.3. The number of carbonyl (C=O) groups is 1. The first-order valence-electron chi connectivity index (χ1n) is 10.9. The van der Waals surface area contributed by atoms with Crippen LogP contribution in [0.25, 0.3) is 17.2 Å². The molecule has 0 bridgehead atoms. The quantitative estimate of drug-likeness (QED) is 0.116. The Bertz CT molecular complexity index is 941. The van der Waals surface area contributed by atoms with E-state index in [0.29, 0.717) is 18.0 Å². The first kappa shape index (κ1) is 28.6. The molecule has 0 amide bonds. The van der Waals surface area contributed by atoms with E-state index in [1.807, 2.05) is 0 Å². The van der Waals surface area contributed by atoms with Crippen molar-refractivity contribution in [3.63, 3.8) is 0 Å². The first-order valence-corrected chi connectivity index (χ1v) is 16.1. The topological polar surface area (TPSA) is 46.5 Å². The van der Waals surface area contributed by atoms with Gasteiger partial charge in [0.1, 0.15) is 5.75 Å². The van der Waals surface area contributed by atoms with Gasteiger partial charge in [0.15, 0.2) is 0 Å². The van der Waals surface area contributed by atoms with Crippen LogP contribution >= 0.6 is 33.2 Å². The average molecular weight is 554 g/mol. The van der Waals surface area contributed by atoms with Gasteiger partial charge in [-0.15, -0.1) is 46.4 Å². The van der Waals surface area contributed by atoms with E-state index in [1.165, 1.54) is 24.3 Å². The molecule has 0 aliphatic heterocycles. The second-order valence-electron chi connectivity index (χ2n) is 7.91. The number of halogens is 6. The van der Waals surface area contributed by atoms with Crippen LogP contribution in [0, 0.1) is 0 Å². The van der Waals surface area contributed by atoms with Gasteiger partial charge in [0.05, 0.1) is 0 Å². The number of benzene rings is 2. The van der Waals surface area contributed by atoms with E-state index in [1.54, 1.807) is 30.3 Å². The fourth-order valence-corrected chi connectivity index (χ4v) is 5.26. The highest BCUT2D eigenvalue weighted by atomic mass is 35.8. The van der Waals surface area contributed by atoms with Crippen LogP contribution in [-0.2, 0) is 4.79 Å². The minimum Gasteiger partial charge on any atom is -0.478 e. The Hall–Kier alpha value is -1.67. The zero-order valence-corrected chi connectivity index (χ0v) is 21.7. The van der Waals surface area contributed by atoms with Gasteiger partial charge in [-0.25, -0.2) is 4.79 Å². The Morgan fingerprint density at radius 2 is 1.35 bits per heavy atom. The molecule has 0 spiro atoms. The van der Waals surface area contributed by atoms with Crippen molar-refractivity contribution in [3.05, 3.63) is 59.7 Å². The van der Waals surface area contributed by atoms with Crippen LogP contribution in [0.4, 0.5) is 13.2 Å². The summed E-state index contributed by atoms with van der Waals surface area (Å²) in [6, 6.07) is 10.9. The van der Waals surface area contributed by atoms with Crippen molar-refractivity contribution in [2.45, 2.75) is 57.4 Å². The molecule has 0 unspecified atom stereocenters. The zero-order valence-electron chi connectivity index (χ0n) is 18.4. The number of hydrogen-bond acceptors (Lipinski definition) is 2. The molecule has 0 aliphatic carbocycles. The lowest BCUT2D eigenvalue weighted by Gasteiger charge is -2.09. The minimum atomic E-state index is -4.73. The van der Waals surface area contributed by atoms with E-state index in [2.05, 4.69) is 4.74 Å². The lowest BCUT2D eigenvalue weighted by molar-refractivity contribution is -0.274. The van der Waals surface area contributed by atoms with E-state index < -0.39 is 18.3 Å². The summed E-state index contributed by atoms with van der Waals surface area (Å²) in [5.41, 5.74) is 2.60. The summed E-state index contributed by atoms with van der Waals surface area (Å²) >= 11 is 17.6. The van der Waals surface area contributed by atoms with E-state index in [-0.39, 0.29) is 5.75 Å². The maximum absolute atomic E-state index is 12.3. The van der Waals surface area contributed by atoms with Crippen LogP contribution in [0.15, 0.2) is 54.1 Å². The van der Waals surface area contributed by atoms with Gasteiger partial charge in [-0.3, -0.25) is 0 Å². The Balaban J connectivity index is 1.86. The number of ether oxygens (including phenoxy) is 1. The van der Waals surface area contributed by atoms with Crippen LogP contribution in [0.1, 0.15) is 50.5 Å². The molecule has 2 aromatic carbocycles. The van der Waals surface area contributed by atoms with Gasteiger partial charge < -0.3 is 9.84 Å². The van der Waals surface area contributed by atoms with Crippen molar-refractivity contribution >= 4 is 51.3 Å². The molecule has 0 saturated carbocycles. The summed E-state index contributed by atoms with van der Waals surface area (Å²) in [7, 11) is 0. The van der Waals surface area contributed by atoms with Crippen LogP contribution < -0.4 is 4.74 Å². The molecular weight excluding hydrogens is 528 g/mol. The number of alkyl halides is 3. The number of carboxylic acids is 1. The van der Waals surface area contributed by atoms with Crippen molar-refractivity contribution in [1.82, 2.24) is 0 Å². The molecule has 2 rings (SSSR count). The molecule has 2 aromatic rings. The fraction of sp³-hybridized carbons (Fsp3) is 0.375. The molecule has 0 heterocycles. The summed E-state index contributed by atoms with van der Waals surface area (Å²) in [6.07, 6.45) is 3.06. The second kappa shape index (κ2) is 13.4. The van der Waals surface area contributed by atoms with Gasteiger partial charge in [0.2, 0.25) is 0 Å². The maximum Gasteiger partial charge on any atom is 0.573 e. The Kier molecular flexibility index (Phi) is 11.3. The average Bonchev–Trinajstić information content (AvgIpc) is 2.74. The number of hydrogen-bond donors (Lipinski definition) is 1. The molecule has 186 valence electrons. The third-order valence-corrected chi connectivity index (χ3v) is 7.73. The van der Waals surface area contributed by atoms with E-state index in [0.717, 1.165) is 55.2 Å². The summed E-state index contributed by atoms with van der Waals surface area (Å²) in [5.74, 6) is -1.23. The SMILES string of the molecule is O=C(O)/C(=C/c1ccc(-c2ccc(OC(F)(F)F)cc2)cc1)CCCCCCCC[Si](Cl)(Cl)Cl. The molecule has 0 saturated heterocycles. The Morgan fingerprint density at radius 1 is 0.853 bits per heavy atom. The molecule has 3 nitrogen and oxygen atoms in total. The predicted molar refractivity (Wildman–Crippen MR) is 135 cm³/mol. The minimum absolute atomic E-state index is 0.286. The molecule has 0 radical (unpaired) electrons. The summed E-state index contributed by atoms with van der Waals surface area (Å²) in [4.78, 5) is 11.6. The third-order valence-electron chi connectivity index (χ3n) is 5.10. The number of carboxylic acid groups (broad SMARTS) is 1. The summed E-state index contributed by atoms with van der Waals surface area (Å²) < 4.78 is 40.7. The van der Waals surface area contributed by atoms with Crippen molar-refractivity contribution in [2.75, 3.05) is 0 Å². The number of rotatable bonds is 13. The van der Waals surface area contributed by atoms with E-state index in [4.69, 9.17) is 33.2 Å².